The van der Waals surface area contributed by atoms with Gasteiger partial charge in [-0.05, 0) is 24.6 Å². The zero-order chi connectivity index (χ0) is 11.4. The fourth-order valence-corrected chi connectivity index (χ4v) is 1.37. The van der Waals surface area contributed by atoms with Crippen LogP contribution in [0.1, 0.15) is 11.1 Å². The molecule has 16 heavy (non-hydrogen) atoms. The van der Waals surface area contributed by atoms with Gasteiger partial charge in [-0.1, -0.05) is 29.8 Å². The Kier molecular flexibility index (Phi) is 3.05. The van der Waals surface area contributed by atoms with Crippen LogP contribution in [-0.4, -0.2) is 4.98 Å². The summed E-state index contributed by atoms with van der Waals surface area (Å²) in [7, 11) is 0. The number of nitrogens with zero attached hydrogens (tertiary/aromatic N) is 1. The highest BCUT2D eigenvalue weighted by molar-refractivity contribution is 5.44. The molecule has 0 amide bonds. The third-order valence-corrected chi connectivity index (χ3v) is 2.31. The molecule has 3 nitrogen and oxygen atoms in total. The lowest BCUT2D eigenvalue weighted by molar-refractivity contribution is 0.307. The van der Waals surface area contributed by atoms with Gasteiger partial charge in [0.05, 0.1) is 0 Å². The van der Waals surface area contributed by atoms with Crippen molar-refractivity contribution >= 4 is 5.82 Å². The van der Waals surface area contributed by atoms with Gasteiger partial charge in [0.15, 0.2) is 11.6 Å². The maximum Gasteiger partial charge on any atom is 0.166 e. The lowest BCUT2D eigenvalue weighted by atomic mass is 10.2. The third kappa shape index (κ3) is 2.51. The number of aromatic nitrogens is 1. The van der Waals surface area contributed by atoms with E-state index in [1.165, 1.54) is 5.56 Å². The van der Waals surface area contributed by atoms with E-state index in [0.29, 0.717) is 18.2 Å². The van der Waals surface area contributed by atoms with E-state index in [0.717, 1.165) is 5.56 Å². The van der Waals surface area contributed by atoms with Gasteiger partial charge >= 0.3 is 0 Å². The largest absolute Gasteiger partial charge is 0.485 e. The van der Waals surface area contributed by atoms with Crippen molar-refractivity contribution in [3.05, 3.63) is 53.7 Å². The number of aryl methyl sites for hydroxylation is 1. The summed E-state index contributed by atoms with van der Waals surface area (Å²) in [5.41, 5.74) is 8.03. The molecule has 0 saturated heterocycles. The van der Waals surface area contributed by atoms with Crippen LogP contribution in [0.4, 0.5) is 5.82 Å². The van der Waals surface area contributed by atoms with Crippen molar-refractivity contribution in [2.75, 3.05) is 5.73 Å². The van der Waals surface area contributed by atoms with Gasteiger partial charge in [-0.25, -0.2) is 4.98 Å². The molecule has 0 bridgehead atoms. The first-order valence-electron chi connectivity index (χ1n) is 5.14. The molecular weight excluding hydrogens is 200 g/mol. The minimum Gasteiger partial charge on any atom is -0.485 e. The number of pyridine rings is 1. The van der Waals surface area contributed by atoms with Gasteiger partial charge in [0.25, 0.3) is 0 Å². The number of anilines is 1. The van der Waals surface area contributed by atoms with Gasteiger partial charge in [-0.2, -0.15) is 0 Å². The summed E-state index contributed by atoms with van der Waals surface area (Å²) < 4.78 is 5.58. The Balaban J connectivity index is 2.02. The van der Waals surface area contributed by atoms with Crippen molar-refractivity contribution in [2.45, 2.75) is 13.5 Å². The first kappa shape index (κ1) is 10.5. The fraction of sp³-hybridized carbons (Fsp3) is 0.154. The van der Waals surface area contributed by atoms with E-state index in [1.54, 1.807) is 12.3 Å². The van der Waals surface area contributed by atoms with Crippen LogP contribution in [0, 0.1) is 6.92 Å². The van der Waals surface area contributed by atoms with E-state index >= 15 is 0 Å². The zero-order valence-corrected chi connectivity index (χ0v) is 9.18. The van der Waals surface area contributed by atoms with Crippen LogP contribution in [-0.2, 0) is 6.61 Å². The predicted octanol–water partition coefficient (Wildman–Crippen LogP) is 2.55. The highest BCUT2D eigenvalue weighted by Gasteiger charge is 2.00. The summed E-state index contributed by atoms with van der Waals surface area (Å²) in [6.45, 7) is 2.57. The minimum absolute atomic E-state index is 0.426. The third-order valence-electron chi connectivity index (χ3n) is 2.31. The van der Waals surface area contributed by atoms with Crippen LogP contribution in [0.25, 0.3) is 0 Å². The van der Waals surface area contributed by atoms with Crippen molar-refractivity contribution in [1.29, 1.82) is 0 Å². The van der Waals surface area contributed by atoms with E-state index in [9.17, 15) is 0 Å². The van der Waals surface area contributed by atoms with Gasteiger partial charge in [0, 0.05) is 6.20 Å². The summed E-state index contributed by atoms with van der Waals surface area (Å²) in [5, 5.41) is 0. The van der Waals surface area contributed by atoms with Crippen molar-refractivity contribution < 1.29 is 4.74 Å². The molecule has 0 aliphatic heterocycles. The maximum atomic E-state index is 5.67. The topological polar surface area (TPSA) is 48.1 Å². The van der Waals surface area contributed by atoms with E-state index in [1.807, 2.05) is 18.2 Å². The normalized spacial score (nSPS) is 10.1. The minimum atomic E-state index is 0.426. The maximum absolute atomic E-state index is 5.67. The first-order chi connectivity index (χ1) is 7.75. The van der Waals surface area contributed by atoms with Crippen molar-refractivity contribution in [3.8, 4) is 5.75 Å². The van der Waals surface area contributed by atoms with Crippen LogP contribution in [0.15, 0.2) is 42.6 Å². The number of benzene rings is 1. The number of hydrogen-bond acceptors (Lipinski definition) is 3. The molecular formula is C13H14N2O. The Morgan fingerprint density at radius 1 is 1.19 bits per heavy atom. The zero-order valence-electron chi connectivity index (χ0n) is 9.18. The van der Waals surface area contributed by atoms with Crippen LogP contribution < -0.4 is 10.5 Å². The second-order valence-corrected chi connectivity index (χ2v) is 3.66. The standard InChI is InChI=1S/C13H14N2O/c1-10-4-6-11(7-5-10)9-16-12-3-2-8-15-13(12)14/h2-8H,9H2,1H3,(H2,14,15). The number of ether oxygens (including phenoxy) is 1. The van der Waals surface area contributed by atoms with Crippen LogP contribution >= 0.6 is 0 Å². The van der Waals surface area contributed by atoms with Crippen molar-refractivity contribution in [3.63, 3.8) is 0 Å². The molecule has 1 heterocycles. The summed E-state index contributed by atoms with van der Waals surface area (Å²) in [4.78, 5) is 3.96. The Morgan fingerprint density at radius 2 is 1.94 bits per heavy atom. The Labute approximate surface area is 94.9 Å². The Bertz CT molecular complexity index is 466. The van der Waals surface area contributed by atoms with E-state index < -0.39 is 0 Å². The Hall–Kier alpha value is -2.03. The van der Waals surface area contributed by atoms with Crippen LogP contribution in [0.2, 0.25) is 0 Å². The van der Waals surface area contributed by atoms with Crippen molar-refractivity contribution in [2.24, 2.45) is 0 Å². The average molecular weight is 214 g/mol. The second kappa shape index (κ2) is 4.66. The number of hydrogen-bond donors (Lipinski definition) is 1. The molecule has 0 radical (unpaired) electrons. The summed E-state index contributed by atoms with van der Waals surface area (Å²) in [6, 6.07) is 11.8. The molecule has 0 aliphatic carbocycles. The van der Waals surface area contributed by atoms with Gasteiger partial charge in [-0.15, -0.1) is 0 Å². The molecule has 1 aromatic carbocycles. The van der Waals surface area contributed by atoms with Crippen LogP contribution in [0.3, 0.4) is 0 Å². The van der Waals surface area contributed by atoms with Gasteiger partial charge in [0.2, 0.25) is 0 Å². The molecule has 0 aliphatic rings. The molecule has 2 aromatic rings. The quantitative estimate of drug-likeness (QED) is 0.854. The van der Waals surface area contributed by atoms with Gasteiger partial charge < -0.3 is 10.5 Å². The summed E-state index contributed by atoms with van der Waals surface area (Å²) in [6.07, 6.45) is 1.65. The monoisotopic (exact) mass is 214 g/mol. The smallest absolute Gasteiger partial charge is 0.166 e. The fourth-order valence-electron chi connectivity index (χ4n) is 1.37. The Morgan fingerprint density at radius 3 is 2.62 bits per heavy atom. The number of rotatable bonds is 3. The SMILES string of the molecule is Cc1ccc(COc2cccnc2N)cc1. The molecule has 1 aromatic heterocycles. The second-order valence-electron chi connectivity index (χ2n) is 3.66. The summed E-state index contributed by atoms with van der Waals surface area (Å²) >= 11 is 0. The van der Waals surface area contributed by atoms with Crippen LogP contribution in [0.5, 0.6) is 5.75 Å². The molecule has 82 valence electrons. The van der Waals surface area contributed by atoms with Crippen molar-refractivity contribution in [1.82, 2.24) is 4.98 Å². The molecule has 0 atom stereocenters. The number of nitrogen functional groups attached to an aromatic ring is 1. The molecule has 0 fully saturated rings. The highest BCUT2D eigenvalue weighted by Crippen LogP contribution is 2.18. The molecule has 0 spiro atoms. The summed E-state index contributed by atoms with van der Waals surface area (Å²) in [5.74, 6) is 1.05. The predicted molar refractivity (Wildman–Crippen MR) is 64.2 cm³/mol. The average Bonchev–Trinajstić information content (AvgIpc) is 2.30. The number of nitrogens with two attached hydrogens (primary N) is 1. The van der Waals surface area contributed by atoms with E-state index in [-0.39, 0.29) is 0 Å². The van der Waals surface area contributed by atoms with E-state index in [2.05, 4.69) is 24.0 Å². The molecule has 0 saturated carbocycles. The molecule has 3 heteroatoms. The highest BCUT2D eigenvalue weighted by atomic mass is 16.5. The molecule has 2 rings (SSSR count). The molecule has 0 unspecified atom stereocenters. The lowest BCUT2D eigenvalue weighted by Gasteiger charge is -2.07. The van der Waals surface area contributed by atoms with Gasteiger partial charge in [0.1, 0.15) is 6.61 Å². The van der Waals surface area contributed by atoms with Gasteiger partial charge in [-0.3, -0.25) is 0 Å². The van der Waals surface area contributed by atoms with E-state index in [4.69, 9.17) is 10.5 Å². The molecule has 2 N–H and O–H groups in total. The first-order valence-corrected chi connectivity index (χ1v) is 5.14. The lowest BCUT2D eigenvalue weighted by Crippen LogP contribution is -1.99.